The molecule has 20 heteroatoms. The quantitative estimate of drug-likeness (QED) is 0.0596. The van der Waals surface area contributed by atoms with Crippen LogP contribution in [0.15, 0.2) is 48.5 Å². The summed E-state index contributed by atoms with van der Waals surface area (Å²) < 4.78 is 15.9. The number of phosphoric acid groups is 1. The Labute approximate surface area is 291 Å². The molecule has 4 atom stereocenters. The number of phenols is 2. The second-order valence-corrected chi connectivity index (χ2v) is 13.9. The number of aromatic hydroxyl groups is 2. The maximum Gasteiger partial charge on any atom is 0.469 e. The fraction of sp³-hybridized carbons (Fsp3) is 0.433. The molecule has 0 spiro atoms. The minimum absolute atomic E-state index is 0.0104. The highest BCUT2D eigenvalue weighted by molar-refractivity contribution is 8.13. The molecule has 50 heavy (non-hydrogen) atoms. The lowest BCUT2D eigenvalue weighted by Crippen LogP contribution is -2.52. The Morgan fingerprint density at radius 1 is 0.860 bits per heavy atom. The molecule has 2 aromatic rings. The van der Waals surface area contributed by atoms with E-state index in [1.165, 1.54) is 62.4 Å². The van der Waals surface area contributed by atoms with Crippen LogP contribution in [-0.4, -0.2) is 103 Å². The van der Waals surface area contributed by atoms with Crippen LogP contribution < -0.4 is 27.0 Å². The number of hydrogen-bond acceptors (Lipinski definition) is 13. The molecule has 0 saturated carbocycles. The topological polar surface area (TPSA) is 307 Å². The first-order chi connectivity index (χ1) is 23.3. The number of phenolic OH excluding ortho intramolecular Hbond substituents is 2. The lowest BCUT2D eigenvalue weighted by molar-refractivity contribution is -0.137. The van der Waals surface area contributed by atoms with Gasteiger partial charge in [-0.05, 0) is 35.4 Å². The van der Waals surface area contributed by atoms with Crippen molar-refractivity contribution in [3.8, 4) is 11.5 Å². The predicted molar refractivity (Wildman–Crippen MR) is 179 cm³/mol. The number of nitrogens with two attached hydrogens (primary N) is 1. The van der Waals surface area contributed by atoms with Crippen LogP contribution in [0.25, 0.3) is 0 Å². The van der Waals surface area contributed by atoms with Crippen molar-refractivity contribution in [2.75, 3.05) is 32.1 Å². The molecule has 4 amide bonds. The summed E-state index contributed by atoms with van der Waals surface area (Å²) in [5.74, 6) is -3.49. The molecule has 0 fully saturated rings. The van der Waals surface area contributed by atoms with Gasteiger partial charge in [0, 0.05) is 30.7 Å². The maximum atomic E-state index is 13.4. The van der Waals surface area contributed by atoms with Gasteiger partial charge in [0.05, 0.1) is 13.2 Å². The van der Waals surface area contributed by atoms with E-state index in [0.29, 0.717) is 11.8 Å². The van der Waals surface area contributed by atoms with Crippen LogP contribution in [-0.2, 0) is 33.1 Å². The second kappa shape index (κ2) is 19.4. The molecule has 0 bridgehead atoms. The predicted octanol–water partition coefficient (Wildman–Crippen LogP) is -1.19. The van der Waals surface area contributed by atoms with Gasteiger partial charge in [0.1, 0.15) is 35.7 Å². The molecular weight excluding hydrogens is 701 g/mol. The third-order valence-electron chi connectivity index (χ3n) is 7.04. The number of carbonyl (C=O) groups excluding carboxylic acids is 5. The van der Waals surface area contributed by atoms with Gasteiger partial charge in [-0.15, -0.1) is 0 Å². The molecule has 18 nitrogen and oxygen atoms in total. The van der Waals surface area contributed by atoms with E-state index >= 15 is 0 Å². The van der Waals surface area contributed by atoms with Crippen molar-refractivity contribution in [2.24, 2.45) is 11.1 Å². The molecule has 0 radical (unpaired) electrons. The van der Waals surface area contributed by atoms with Gasteiger partial charge >= 0.3 is 7.82 Å². The molecule has 0 aliphatic carbocycles. The van der Waals surface area contributed by atoms with Gasteiger partial charge in [0.2, 0.25) is 28.7 Å². The highest BCUT2D eigenvalue weighted by atomic mass is 32.2. The molecule has 0 saturated heterocycles. The summed E-state index contributed by atoms with van der Waals surface area (Å²) in [5, 5.41) is 47.5. The molecule has 0 aliphatic rings. The molecule has 0 unspecified atom stereocenters. The number of aliphatic hydroxyl groups excluding tert-OH is 2. The number of phosphoric ester groups is 1. The number of rotatable bonds is 19. The van der Waals surface area contributed by atoms with Crippen LogP contribution in [0.4, 0.5) is 0 Å². The Hall–Kier alpha value is -4.07. The normalized spacial score (nSPS) is 14.1. The summed E-state index contributed by atoms with van der Waals surface area (Å²) in [6, 6.07) is 5.90. The molecule has 276 valence electrons. The average Bonchev–Trinajstić information content (AvgIpc) is 3.06. The van der Waals surface area contributed by atoms with Crippen LogP contribution in [0, 0.1) is 5.41 Å². The third-order valence-corrected chi connectivity index (χ3v) is 8.46. The van der Waals surface area contributed by atoms with Crippen LogP contribution in [0.2, 0.25) is 0 Å². The fourth-order valence-corrected chi connectivity index (χ4v) is 5.10. The number of hydrogen-bond donors (Lipinski definition) is 11. The highest BCUT2D eigenvalue weighted by Crippen LogP contribution is 2.35. The van der Waals surface area contributed by atoms with E-state index in [0.717, 1.165) is 0 Å². The van der Waals surface area contributed by atoms with Crippen molar-refractivity contribution >= 4 is 48.3 Å². The minimum Gasteiger partial charge on any atom is -0.508 e. The van der Waals surface area contributed by atoms with Gasteiger partial charge in [-0.2, -0.15) is 0 Å². The Morgan fingerprint density at radius 3 is 1.96 bits per heavy atom. The van der Waals surface area contributed by atoms with Crippen LogP contribution in [0.5, 0.6) is 11.5 Å². The van der Waals surface area contributed by atoms with Gasteiger partial charge in [-0.25, -0.2) is 4.57 Å². The zero-order valence-corrected chi connectivity index (χ0v) is 28.9. The van der Waals surface area contributed by atoms with Gasteiger partial charge in [-0.3, -0.25) is 28.5 Å². The van der Waals surface area contributed by atoms with E-state index in [-0.39, 0.29) is 47.9 Å². The highest BCUT2D eigenvalue weighted by Gasteiger charge is 2.33. The number of thioether (sulfide) groups is 1. The van der Waals surface area contributed by atoms with E-state index in [9.17, 15) is 58.8 Å². The smallest absolute Gasteiger partial charge is 0.469 e. The summed E-state index contributed by atoms with van der Waals surface area (Å²) in [5.41, 5.74) is 5.32. The lowest BCUT2D eigenvalue weighted by Gasteiger charge is -2.27. The molecule has 0 aromatic heterocycles. The summed E-state index contributed by atoms with van der Waals surface area (Å²) in [7, 11) is -5.12. The number of carbonyl (C=O) groups is 5. The Kier molecular flexibility index (Phi) is 16.3. The lowest BCUT2D eigenvalue weighted by atomic mass is 9.87. The molecule has 2 aromatic carbocycles. The summed E-state index contributed by atoms with van der Waals surface area (Å²) in [6.45, 7) is 1.42. The van der Waals surface area contributed by atoms with Crippen molar-refractivity contribution in [1.29, 1.82) is 0 Å². The second-order valence-electron chi connectivity index (χ2n) is 11.6. The summed E-state index contributed by atoms with van der Waals surface area (Å²) in [4.78, 5) is 82.3. The number of nitrogens with one attached hydrogen (secondary N) is 4. The molecular formula is C30H42N5O13PS. The number of benzene rings is 2. The number of aliphatic hydroxyl groups is 2. The zero-order valence-electron chi connectivity index (χ0n) is 27.1. The van der Waals surface area contributed by atoms with Crippen molar-refractivity contribution in [3.63, 3.8) is 0 Å². The van der Waals surface area contributed by atoms with Crippen LogP contribution >= 0.6 is 19.6 Å². The summed E-state index contributed by atoms with van der Waals surface area (Å²) in [6.07, 6.45) is -1.64. The van der Waals surface area contributed by atoms with Crippen molar-refractivity contribution in [3.05, 3.63) is 59.7 Å². The molecule has 12 N–H and O–H groups in total. The molecule has 2 rings (SSSR count). The fourth-order valence-electron chi connectivity index (χ4n) is 3.99. The summed E-state index contributed by atoms with van der Waals surface area (Å²) >= 11 is 0.711. The molecule has 0 aliphatic heterocycles. The Bertz CT molecular complexity index is 1520. The average molecular weight is 744 g/mol. The zero-order chi connectivity index (χ0) is 37.6. The van der Waals surface area contributed by atoms with E-state index in [1.54, 1.807) is 0 Å². The van der Waals surface area contributed by atoms with Crippen LogP contribution in [0.1, 0.15) is 43.5 Å². The first-order valence-corrected chi connectivity index (χ1v) is 17.5. The Balaban J connectivity index is 2.06. The largest absolute Gasteiger partial charge is 0.508 e. The van der Waals surface area contributed by atoms with Crippen molar-refractivity contribution < 1.29 is 63.3 Å². The first-order valence-electron chi connectivity index (χ1n) is 15.0. The van der Waals surface area contributed by atoms with Crippen LogP contribution in [0.3, 0.4) is 0 Å². The first kappa shape index (κ1) is 42.1. The van der Waals surface area contributed by atoms with Crippen molar-refractivity contribution in [1.82, 2.24) is 21.3 Å². The maximum absolute atomic E-state index is 13.4. The molecule has 0 heterocycles. The SMILES string of the molecule is CC(C)(CO)[C@@H](O)C(=O)NCCC(=O)NCCSC(=O)[C@H](NC(=O)[C@H](COP(=O)(O)O)NC(=O)[C@H](N)c1ccc(O)cc1)c1ccc(O)cc1. The van der Waals surface area contributed by atoms with E-state index in [2.05, 4.69) is 25.8 Å². The van der Waals surface area contributed by atoms with Crippen molar-refractivity contribution in [2.45, 2.75) is 44.5 Å². The third kappa shape index (κ3) is 14.0. The van der Waals surface area contributed by atoms with E-state index in [4.69, 9.17) is 5.73 Å². The Morgan fingerprint density at radius 2 is 1.42 bits per heavy atom. The number of amides is 4. The van der Waals surface area contributed by atoms with E-state index in [1.807, 2.05) is 0 Å². The standard InChI is InChI=1S/C30H42N5O13PS/c1-30(2,16-36)25(40)28(43)33-12-11-22(39)32-13-14-50-29(44)24(18-5-9-20(38)10-6-18)35-26(41)21(15-48-49(45,46)47)34-27(42)23(31)17-3-7-19(37)8-4-17/h3-10,21,23-25,36-38,40H,11-16,31H2,1-2H3,(H,32,39)(H,33,43)(H,34,42)(H,35,41)(H2,45,46,47)/t21-,23+,24+,25-/m0/s1. The van der Waals surface area contributed by atoms with Gasteiger partial charge in [-0.1, -0.05) is 49.9 Å². The monoisotopic (exact) mass is 743 g/mol. The minimum atomic E-state index is -5.12. The van der Waals surface area contributed by atoms with Gasteiger partial charge in [0.25, 0.3) is 0 Å². The van der Waals surface area contributed by atoms with Gasteiger partial charge < -0.3 is 57.2 Å². The van der Waals surface area contributed by atoms with Gasteiger partial charge in [0.15, 0.2) is 0 Å². The van der Waals surface area contributed by atoms with E-state index < -0.39 is 79.4 Å².